The number of H-pyrrole nitrogens is 1. The van der Waals surface area contributed by atoms with Crippen LogP contribution in [0, 0.1) is 17.2 Å². The quantitative estimate of drug-likeness (QED) is 0.746. The van der Waals surface area contributed by atoms with Gasteiger partial charge in [0, 0.05) is 36.7 Å². The maximum atomic E-state index is 11.6. The van der Waals surface area contributed by atoms with Crippen LogP contribution in [0.5, 0.6) is 0 Å². The lowest BCUT2D eigenvalue weighted by Gasteiger charge is -2.20. The van der Waals surface area contributed by atoms with Gasteiger partial charge >= 0.3 is 6.09 Å². The molecule has 0 bridgehead atoms. The molecule has 0 saturated heterocycles. The number of likely N-dealkylation sites (N-methyl/N-ethyl adjacent to an activating group) is 1. The molecule has 2 unspecified atom stereocenters. The van der Waals surface area contributed by atoms with E-state index in [-0.39, 0.29) is 12.2 Å². The van der Waals surface area contributed by atoms with Gasteiger partial charge in [0.05, 0.1) is 17.7 Å². The summed E-state index contributed by atoms with van der Waals surface area (Å²) in [6, 6.07) is 8.04. The summed E-state index contributed by atoms with van der Waals surface area (Å²) in [5.74, 6) is 1.16. The summed E-state index contributed by atoms with van der Waals surface area (Å²) in [7, 11) is 0. The van der Waals surface area contributed by atoms with Crippen LogP contribution in [0.15, 0.2) is 24.4 Å². The van der Waals surface area contributed by atoms with Gasteiger partial charge in [0.25, 0.3) is 0 Å². The predicted octanol–water partition coefficient (Wildman–Crippen LogP) is 3.60. The van der Waals surface area contributed by atoms with E-state index in [0.29, 0.717) is 23.9 Å². The van der Waals surface area contributed by atoms with Crippen molar-refractivity contribution in [3.05, 3.63) is 35.5 Å². The van der Waals surface area contributed by atoms with Crippen molar-refractivity contribution in [2.24, 2.45) is 5.92 Å². The van der Waals surface area contributed by atoms with Crippen molar-refractivity contribution in [3.8, 4) is 6.07 Å². The summed E-state index contributed by atoms with van der Waals surface area (Å²) in [5.41, 5.74) is 3.12. The van der Waals surface area contributed by atoms with E-state index in [1.807, 2.05) is 32.0 Å². The minimum atomic E-state index is -0.350. The molecular formula is C21H28N4O2. The third-order valence-corrected chi connectivity index (χ3v) is 5.14. The summed E-state index contributed by atoms with van der Waals surface area (Å²) in [6.45, 7) is 9.22. The second-order valence-corrected chi connectivity index (χ2v) is 7.49. The number of carbonyl (C=O) groups excluding carboxylic acids is 1. The van der Waals surface area contributed by atoms with Crippen molar-refractivity contribution in [2.75, 3.05) is 26.2 Å². The Morgan fingerprint density at radius 2 is 2.30 bits per heavy atom. The summed E-state index contributed by atoms with van der Waals surface area (Å²) >= 11 is 0. The Morgan fingerprint density at radius 3 is 3.00 bits per heavy atom. The molecule has 1 heterocycles. The average molecular weight is 368 g/mol. The first-order valence-electron chi connectivity index (χ1n) is 9.69. The minimum Gasteiger partial charge on any atom is -0.447 e. The molecule has 6 nitrogen and oxygen atoms in total. The number of nitrogens with zero attached hydrogens (tertiary/aromatic N) is 2. The molecule has 1 fully saturated rings. The van der Waals surface area contributed by atoms with Crippen LogP contribution in [0.25, 0.3) is 10.9 Å². The third-order valence-electron chi connectivity index (χ3n) is 5.14. The van der Waals surface area contributed by atoms with E-state index in [4.69, 9.17) is 10.00 Å². The highest BCUT2D eigenvalue weighted by molar-refractivity contribution is 5.85. The lowest BCUT2D eigenvalue weighted by atomic mass is 10.1. The van der Waals surface area contributed by atoms with Crippen molar-refractivity contribution >= 4 is 17.0 Å². The zero-order chi connectivity index (χ0) is 19.4. The SMILES string of the molecule is CCN(CCNC(=O)OC(C)C)CC1CC1c1c[nH]c2ccc(C#N)cc12. The van der Waals surface area contributed by atoms with Gasteiger partial charge in [-0.3, -0.25) is 0 Å². The molecule has 144 valence electrons. The van der Waals surface area contributed by atoms with Crippen LogP contribution in [0.4, 0.5) is 4.79 Å². The largest absolute Gasteiger partial charge is 0.447 e. The molecule has 6 heteroatoms. The molecule has 2 atom stereocenters. The maximum absolute atomic E-state index is 11.6. The molecule has 2 N–H and O–H groups in total. The lowest BCUT2D eigenvalue weighted by Crippen LogP contribution is -2.36. The fraction of sp³-hybridized carbons (Fsp3) is 0.524. The number of carbonyl (C=O) groups is 1. The van der Waals surface area contributed by atoms with Gasteiger partial charge in [-0.15, -0.1) is 0 Å². The molecular weight excluding hydrogens is 340 g/mol. The molecule has 0 aliphatic heterocycles. The van der Waals surface area contributed by atoms with Crippen molar-refractivity contribution in [2.45, 2.75) is 39.2 Å². The molecule has 1 aromatic carbocycles. The van der Waals surface area contributed by atoms with E-state index < -0.39 is 0 Å². The van der Waals surface area contributed by atoms with Crippen molar-refractivity contribution in [1.29, 1.82) is 5.26 Å². The van der Waals surface area contributed by atoms with Crippen LogP contribution in [0.3, 0.4) is 0 Å². The van der Waals surface area contributed by atoms with Crippen LogP contribution in [-0.2, 0) is 4.74 Å². The van der Waals surface area contributed by atoms with Gasteiger partial charge in [-0.2, -0.15) is 5.26 Å². The van der Waals surface area contributed by atoms with Crippen LogP contribution in [0.2, 0.25) is 0 Å². The fourth-order valence-electron chi connectivity index (χ4n) is 3.63. The molecule has 2 aromatic rings. The number of hydrogen-bond acceptors (Lipinski definition) is 4. The van der Waals surface area contributed by atoms with Crippen LogP contribution in [-0.4, -0.2) is 48.3 Å². The van der Waals surface area contributed by atoms with Gasteiger partial charge in [-0.1, -0.05) is 6.92 Å². The number of fused-ring (bicyclic) bond motifs is 1. The number of ether oxygens (including phenoxy) is 1. The van der Waals surface area contributed by atoms with Gasteiger partial charge in [0.1, 0.15) is 0 Å². The number of nitriles is 1. The van der Waals surface area contributed by atoms with Crippen LogP contribution < -0.4 is 5.32 Å². The Kier molecular flexibility index (Phi) is 6.02. The van der Waals surface area contributed by atoms with E-state index in [1.165, 1.54) is 17.4 Å². The molecule has 1 aliphatic rings. The maximum Gasteiger partial charge on any atom is 0.407 e. The smallest absolute Gasteiger partial charge is 0.407 e. The van der Waals surface area contributed by atoms with Crippen molar-refractivity contribution < 1.29 is 9.53 Å². The number of hydrogen-bond donors (Lipinski definition) is 2. The Balaban J connectivity index is 1.52. The summed E-state index contributed by atoms with van der Waals surface area (Å²) in [6.07, 6.45) is 2.81. The molecule has 0 spiro atoms. The average Bonchev–Trinajstić information content (AvgIpc) is 3.27. The second kappa shape index (κ2) is 8.45. The molecule has 1 aromatic heterocycles. The van der Waals surface area contributed by atoms with E-state index >= 15 is 0 Å². The highest BCUT2D eigenvalue weighted by Gasteiger charge is 2.40. The van der Waals surface area contributed by atoms with E-state index in [1.54, 1.807) is 0 Å². The lowest BCUT2D eigenvalue weighted by molar-refractivity contribution is 0.114. The van der Waals surface area contributed by atoms with E-state index in [2.05, 4.69) is 34.4 Å². The highest BCUT2D eigenvalue weighted by atomic mass is 16.6. The monoisotopic (exact) mass is 368 g/mol. The number of rotatable bonds is 8. The minimum absolute atomic E-state index is 0.0998. The van der Waals surface area contributed by atoms with Gasteiger partial charge in [-0.05, 0) is 62.4 Å². The molecule has 1 saturated carbocycles. The first-order chi connectivity index (χ1) is 13.0. The number of aromatic amines is 1. The van der Waals surface area contributed by atoms with Gasteiger partial charge in [0.15, 0.2) is 0 Å². The topological polar surface area (TPSA) is 81.2 Å². The normalized spacial score (nSPS) is 18.7. The summed E-state index contributed by atoms with van der Waals surface area (Å²) in [4.78, 5) is 17.3. The Labute approximate surface area is 160 Å². The van der Waals surface area contributed by atoms with Crippen LogP contribution in [0.1, 0.15) is 44.2 Å². The molecule has 1 aliphatic carbocycles. The standard InChI is InChI=1S/C21H28N4O2/c1-4-25(8-7-23-21(26)27-14(2)3)13-16-10-17(16)19-12-24-20-6-5-15(11-22)9-18(19)20/h5-6,9,12,14,16-17,24H,4,7-8,10,13H2,1-3H3,(H,23,26). The predicted molar refractivity (Wildman–Crippen MR) is 106 cm³/mol. The zero-order valence-electron chi connectivity index (χ0n) is 16.3. The fourth-order valence-corrected chi connectivity index (χ4v) is 3.63. The van der Waals surface area contributed by atoms with E-state index in [9.17, 15) is 4.79 Å². The first-order valence-corrected chi connectivity index (χ1v) is 9.69. The van der Waals surface area contributed by atoms with Crippen molar-refractivity contribution in [1.82, 2.24) is 15.2 Å². The Bertz CT molecular complexity index is 836. The molecule has 1 amide bonds. The molecule has 0 radical (unpaired) electrons. The van der Waals surface area contributed by atoms with Gasteiger partial charge in [0.2, 0.25) is 0 Å². The van der Waals surface area contributed by atoms with Gasteiger partial charge < -0.3 is 19.9 Å². The first kappa shape index (κ1) is 19.2. The molecule has 27 heavy (non-hydrogen) atoms. The van der Waals surface area contributed by atoms with E-state index in [0.717, 1.165) is 25.2 Å². The number of nitrogens with one attached hydrogen (secondary N) is 2. The Hall–Kier alpha value is -2.52. The number of aromatic nitrogens is 1. The third kappa shape index (κ3) is 4.81. The van der Waals surface area contributed by atoms with Crippen LogP contribution >= 0.6 is 0 Å². The Morgan fingerprint density at radius 1 is 1.48 bits per heavy atom. The zero-order valence-corrected chi connectivity index (χ0v) is 16.3. The molecule has 3 rings (SSSR count). The number of alkyl carbamates (subject to hydrolysis) is 1. The number of amides is 1. The summed E-state index contributed by atoms with van der Waals surface area (Å²) < 4.78 is 5.09. The second-order valence-electron chi connectivity index (χ2n) is 7.49. The highest BCUT2D eigenvalue weighted by Crippen LogP contribution is 2.49. The van der Waals surface area contributed by atoms with Crippen molar-refractivity contribution in [3.63, 3.8) is 0 Å². The summed E-state index contributed by atoms with van der Waals surface area (Å²) in [5, 5.41) is 13.1. The van der Waals surface area contributed by atoms with Gasteiger partial charge in [-0.25, -0.2) is 4.79 Å². The number of benzene rings is 1.